The van der Waals surface area contributed by atoms with Crippen LogP contribution < -0.4 is 4.74 Å². The molecule has 0 spiro atoms. The molecule has 0 saturated carbocycles. The van der Waals surface area contributed by atoms with E-state index in [1.807, 2.05) is 60.7 Å². The van der Waals surface area contributed by atoms with Crippen molar-refractivity contribution in [2.24, 2.45) is 0 Å². The molecular weight excluding hydrogens is 300 g/mol. The Kier molecular flexibility index (Phi) is 6.24. The highest BCUT2D eigenvalue weighted by Gasteiger charge is 2.19. The van der Waals surface area contributed by atoms with E-state index in [2.05, 4.69) is 9.80 Å². The molecule has 0 radical (unpaired) electrons. The van der Waals surface area contributed by atoms with Crippen molar-refractivity contribution in [2.45, 2.75) is 6.10 Å². The van der Waals surface area contributed by atoms with Crippen molar-refractivity contribution in [2.75, 3.05) is 45.9 Å². The summed E-state index contributed by atoms with van der Waals surface area (Å²) >= 11 is 0. The van der Waals surface area contributed by atoms with Crippen molar-refractivity contribution in [1.29, 1.82) is 0 Å². The zero-order chi connectivity index (χ0) is 16.6. The lowest BCUT2D eigenvalue weighted by Gasteiger charge is -2.35. The highest BCUT2D eigenvalue weighted by molar-refractivity contribution is 5.20. The summed E-state index contributed by atoms with van der Waals surface area (Å²) < 4.78 is 5.76. The van der Waals surface area contributed by atoms with E-state index < -0.39 is 6.10 Å². The molecule has 0 aliphatic carbocycles. The molecule has 128 valence electrons. The van der Waals surface area contributed by atoms with E-state index in [9.17, 15) is 5.11 Å². The van der Waals surface area contributed by atoms with E-state index in [1.165, 1.54) is 0 Å². The van der Waals surface area contributed by atoms with E-state index in [1.54, 1.807) is 0 Å². The zero-order valence-electron chi connectivity index (χ0n) is 14.1. The lowest BCUT2D eigenvalue weighted by Crippen LogP contribution is -2.48. The molecule has 24 heavy (non-hydrogen) atoms. The molecule has 2 aromatic carbocycles. The molecular formula is C20H26N2O2. The molecule has 2 aromatic rings. The van der Waals surface area contributed by atoms with Gasteiger partial charge in [-0.15, -0.1) is 0 Å². The molecule has 0 bridgehead atoms. The molecule has 4 heteroatoms. The molecule has 0 aromatic heterocycles. The minimum atomic E-state index is -0.404. The first-order valence-corrected chi connectivity index (χ1v) is 8.67. The summed E-state index contributed by atoms with van der Waals surface area (Å²) in [4.78, 5) is 4.76. The Hall–Kier alpha value is -1.88. The maximum absolute atomic E-state index is 10.3. The van der Waals surface area contributed by atoms with Crippen LogP contribution in [0.1, 0.15) is 11.7 Å². The highest BCUT2D eigenvalue weighted by Crippen LogP contribution is 2.15. The van der Waals surface area contributed by atoms with E-state index in [4.69, 9.17) is 4.74 Å². The summed E-state index contributed by atoms with van der Waals surface area (Å²) in [7, 11) is 0. The fourth-order valence-electron chi connectivity index (χ4n) is 3.03. The standard InChI is InChI=1S/C20H26N2O2/c23-20(18-7-3-1-4-8-18)17-22-13-11-21(12-14-22)15-16-24-19-9-5-2-6-10-19/h1-10,20,23H,11-17H2/t20-/m0/s1. The zero-order valence-corrected chi connectivity index (χ0v) is 14.1. The number of aliphatic hydroxyl groups is 1. The predicted octanol–water partition coefficient (Wildman–Crippen LogP) is 2.42. The Morgan fingerprint density at radius 3 is 2.08 bits per heavy atom. The molecule has 1 atom stereocenters. The maximum atomic E-state index is 10.3. The summed E-state index contributed by atoms with van der Waals surface area (Å²) in [5.74, 6) is 0.933. The number of rotatable bonds is 7. The van der Waals surface area contributed by atoms with Gasteiger partial charge in [-0.2, -0.15) is 0 Å². The minimum absolute atomic E-state index is 0.404. The van der Waals surface area contributed by atoms with Gasteiger partial charge in [0, 0.05) is 39.3 Å². The van der Waals surface area contributed by atoms with Gasteiger partial charge < -0.3 is 9.84 Å². The normalized spacial score (nSPS) is 17.5. The average Bonchev–Trinajstić information content (AvgIpc) is 2.65. The molecule has 4 nitrogen and oxygen atoms in total. The topological polar surface area (TPSA) is 35.9 Å². The monoisotopic (exact) mass is 326 g/mol. The van der Waals surface area contributed by atoms with Crippen LogP contribution in [0.15, 0.2) is 60.7 Å². The van der Waals surface area contributed by atoms with Gasteiger partial charge >= 0.3 is 0 Å². The second kappa shape index (κ2) is 8.83. The number of hydrogen-bond acceptors (Lipinski definition) is 4. The third kappa shape index (κ3) is 5.06. The van der Waals surface area contributed by atoms with Gasteiger partial charge in [0.05, 0.1) is 6.10 Å². The quantitative estimate of drug-likeness (QED) is 0.848. The fourth-order valence-corrected chi connectivity index (χ4v) is 3.03. The number of nitrogens with zero attached hydrogens (tertiary/aromatic N) is 2. The van der Waals surface area contributed by atoms with Crippen molar-refractivity contribution < 1.29 is 9.84 Å². The molecule has 0 amide bonds. The lowest BCUT2D eigenvalue weighted by atomic mass is 10.1. The Bertz CT molecular complexity index is 583. The van der Waals surface area contributed by atoms with Crippen LogP contribution in [0.5, 0.6) is 5.75 Å². The Morgan fingerprint density at radius 1 is 0.833 bits per heavy atom. The highest BCUT2D eigenvalue weighted by atomic mass is 16.5. The Morgan fingerprint density at radius 2 is 1.42 bits per heavy atom. The van der Waals surface area contributed by atoms with E-state index >= 15 is 0 Å². The van der Waals surface area contributed by atoms with Gasteiger partial charge in [0.25, 0.3) is 0 Å². The van der Waals surface area contributed by atoms with Gasteiger partial charge in [-0.05, 0) is 17.7 Å². The number of benzene rings is 2. The van der Waals surface area contributed by atoms with Gasteiger partial charge in [-0.3, -0.25) is 9.80 Å². The van der Waals surface area contributed by atoms with Crippen molar-refractivity contribution in [3.05, 3.63) is 66.2 Å². The number of para-hydroxylation sites is 1. The molecule has 1 aliphatic heterocycles. The molecule has 1 heterocycles. The summed E-state index contributed by atoms with van der Waals surface area (Å²) in [5.41, 5.74) is 0.996. The van der Waals surface area contributed by atoms with Crippen LogP contribution in [-0.4, -0.2) is 60.8 Å². The van der Waals surface area contributed by atoms with Gasteiger partial charge in [-0.1, -0.05) is 48.5 Å². The van der Waals surface area contributed by atoms with Crippen molar-refractivity contribution >= 4 is 0 Å². The Balaban J connectivity index is 1.35. The number of ether oxygens (including phenoxy) is 1. The van der Waals surface area contributed by atoms with Crippen LogP contribution in [0.2, 0.25) is 0 Å². The van der Waals surface area contributed by atoms with Crippen LogP contribution >= 0.6 is 0 Å². The molecule has 1 N–H and O–H groups in total. The van der Waals surface area contributed by atoms with Gasteiger partial charge in [0.15, 0.2) is 0 Å². The van der Waals surface area contributed by atoms with E-state index in [0.717, 1.165) is 50.6 Å². The Labute approximate surface area is 144 Å². The summed E-state index contributed by atoms with van der Waals surface area (Å²) in [6, 6.07) is 19.9. The van der Waals surface area contributed by atoms with Crippen LogP contribution in [-0.2, 0) is 0 Å². The van der Waals surface area contributed by atoms with Gasteiger partial charge in [0.1, 0.15) is 12.4 Å². The fraction of sp³-hybridized carbons (Fsp3) is 0.400. The van der Waals surface area contributed by atoms with Crippen LogP contribution in [0, 0.1) is 0 Å². The minimum Gasteiger partial charge on any atom is -0.492 e. The number of β-amino-alcohol motifs (C(OH)–C–C–N with tert-alkyl or cyclic N) is 1. The maximum Gasteiger partial charge on any atom is 0.119 e. The van der Waals surface area contributed by atoms with Crippen molar-refractivity contribution in [1.82, 2.24) is 9.80 Å². The van der Waals surface area contributed by atoms with Gasteiger partial charge in [-0.25, -0.2) is 0 Å². The number of piperazine rings is 1. The first-order valence-electron chi connectivity index (χ1n) is 8.67. The number of aliphatic hydroxyl groups excluding tert-OH is 1. The van der Waals surface area contributed by atoms with Crippen LogP contribution in [0.4, 0.5) is 0 Å². The molecule has 1 saturated heterocycles. The second-order valence-corrected chi connectivity index (χ2v) is 6.23. The lowest BCUT2D eigenvalue weighted by molar-refractivity contribution is 0.0676. The third-order valence-electron chi connectivity index (χ3n) is 4.50. The van der Waals surface area contributed by atoms with E-state index in [-0.39, 0.29) is 0 Å². The summed E-state index contributed by atoms with van der Waals surface area (Å²) in [5, 5.41) is 10.3. The van der Waals surface area contributed by atoms with E-state index in [0.29, 0.717) is 6.54 Å². The largest absolute Gasteiger partial charge is 0.492 e. The first-order chi connectivity index (χ1) is 11.8. The third-order valence-corrected chi connectivity index (χ3v) is 4.50. The number of hydrogen-bond donors (Lipinski definition) is 1. The van der Waals surface area contributed by atoms with Crippen LogP contribution in [0.3, 0.4) is 0 Å². The second-order valence-electron chi connectivity index (χ2n) is 6.23. The first kappa shape index (κ1) is 17.0. The van der Waals surface area contributed by atoms with Crippen LogP contribution in [0.25, 0.3) is 0 Å². The summed E-state index contributed by atoms with van der Waals surface area (Å²) in [6.07, 6.45) is -0.404. The summed E-state index contributed by atoms with van der Waals surface area (Å²) in [6.45, 7) is 6.42. The molecule has 0 unspecified atom stereocenters. The van der Waals surface area contributed by atoms with Gasteiger partial charge in [0.2, 0.25) is 0 Å². The van der Waals surface area contributed by atoms with Crippen molar-refractivity contribution in [3.8, 4) is 5.75 Å². The smallest absolute Gasteiger partial charge is 0.119 e. The average molecular weight is 326 g/mol. The molecule has 1 fully saturated rings. The van der Waals surface area contributed by atoms with Crippen molar-refractivity contribution in [3.63, 3.8) is 0 Å². The predicted molar refractivity (Wildman–Crippen MR) is 96.2 cm³/mol. The molecule has 3 rings (SSSR count). The SMILES string of the molecule is O[C@@H](CN1CCN(CCOc2ccccc2)CC1)c1ccccc1. The molecule has 1 aliphatic rings.